The molecule has 1 rings (SSSR count). The standard InChI is InChI=1S/C15H24N2O6/c1-6-7-22-13(19)16-10-8-11(12(18)21-5)17(9-10)14(20)23-15(2,3)4/h6,10-11H,1,7-9H2,2-5H3,(H,16,19)/t10-,11-/m0/s1. The molecule has 1 fully saturated rings. The molecule has 130 valence electrons. The average molecular weight is 328 g/mol. The summed E-state index contributed by atoms with van der Waals surface area (Å²) >= 11 is 0. The van der Waals surface area contributed by atoms with Gasteiger partial charge in [0.25, 0.3) is 0 Å². The number of alkyl carbamates (subject to hydrolysis) is 1. The maximum atomic E-state index is 12.2. The van der Waals surface area contributed by atoms with E-state index in [1.807, 2.05) is 0 Å². The molecule has 0 saturated carbocycles. The van der Waals surface area contributed by atoms with Gasteiger partial charge in [-0.3, -0.25) is 4.90 Å². The van der Waals surface area contributed by atoms with Crippen LogP contribution in [-0.2, 0) is 19.0 Å². The van der Waals surface area contributed by atoms with Gasteiger partial charge >= 0.3 is 18.2 Å². The highest BCUT2D eigenvalue weighted by atomic mass is 16.6. The van der Waals surface area contributed by atoms with Crippen molar-refractivity contribution in [2.45, 2.75) is 44.9 Å². The Kier molecular flexibility index (Phi) is 6.41. The average Bonchev–Trinajstić information content (AvgIpc) is 2.86. The van der Waals surface area contributed by atoms with Gasteiger partial charge in [0.1, 0.15) is 18.2 Å². The predicted molar refractivity (Wildman–Crippen MR) is 81.8 cm³/mol. The Balaban J connectivity index is 2.74. The number of carbonyl (C=O) groups excluding carboxylic acids is 3. The van der Waals surface area contributed by atoms with E-state index in [9.17, 15) is 14.4 Å². The van der Waals surface area contributed by atoms with Crippen LogP contribution in [0.2, 0.25) is 0 Å². The predicted octanol–water partition coefficient (Wildman–Crippen LogP) is 1.45. The Morgan fingerprint density at radius 3 is 2.52 bits per heavy atom. The molecule has 1 heterocycles. The van der Waals surface area contributed by atoms with Gasteiger partial charge in [-0.2, -0.15) is 0 Å². The van der Waals surface area contributed by atoms with Crippen molar-refractivity contribution in [2.75, 3.05) is 20.3 Å². The quantitative estimate of drug-likeness (QED) is 0.477. The molecular weight excluding hydrogens is 304 g/mol. The van der Waals surface area contributed by atoms with Crippen LogP contribution in [0.3, 0.4) is 0 Å². The fourth-order valence-electron chi connectivity index (χ4n) is 2.17. The van der Waals surface area contributed by atoms with Gasteiger partial charge in [-0.1, -0.05) is 12.7 Å². The van der Waals surface area contributed by atoms with Crippen molar-refractivity contribution in [1.29, 1.82) is 0 Å². The van der Waals surface area contributed by atoms with E-state index in [0.717, 1.165) is 0 Å². The van der Waals surface area contributed by atoms with Crippen LogP contribution in [0.1, 0.15) is 27.2 Å². The molecule has 8 heteroatoms. The summed E-state index contributed by atoms with van der Waals surface area (Å²) in [5, 5.41) is 2.60. The van der Waals surface area contributed by atoms with E-state index in [0.29, 0.717) is 0 Å². The Morgan fingerprint density at radius 1 is 1.35 bits per heavy atom. The number of hydrogen-bond donors (Lipinski definition) is 1. The molecule has 0 aromatic rings. The monoisotopic (exact) mass is 328 g/mol. The van der Waals surface area contributed by atoms with Crippen molar-refractivity contribution in [3.63, 3.8) is 0 Å². The smallest absolute Gasteiger partial charge is 0.411 e. The molecule has 23 heavy (non-hydrogen) atoms. The van der Waals surface area contributed by atoms with Gasteiger partial charge in [0, 0.05) is 13.0 Å². The van der Waals surface area contributed by atoms with E-state index in [-0.39, 0.29) is 19.6 Å². The van der Waals surface area contributed by atoms with Crippen molar-refractivity contribution in [3.8, 4) is 0 Å². The van der Waals surface area contributed by atoms with Gasteiger partial charge in [0.2, 0.25) is 0 Å². The van der Waals surface area contributed by atoms with Gasteiger partial charge in [0.15, 0.2) is 0 Å². The number of methoxy groups -OCH3 is 1. The maximum absolute atomic E-state index is 12.2. The summed E-state index contributed by atoms with van der Waals surface area (Å²) in [6.07, 6.45) is 0.411. The minimum Gasteiger partial charge on any atom is -0.467 e. The summed E-state index contributed by atoms with van der Waals surface area (Å²) in [5.74, 6) is -0.556. The zero-order valence-electron chi connectivity index (χ0n) is 14.0. The van der Waals surface area contributed by atoms with Crippen LogP contribution in [0.25, 0.3) is 0 Å². The van der Waals surface area contributed by atoms with Crippen molar-refractivity contribution in [2.24, 2.45) is 0 Å². The number of ether oxygens (including phenoxy) is 3. The fraction of sp³-hybridized carbons (Fsp3) is 0.667. The molecule has 1 aliphatic rings. The van der Waals surface area contributed by atoms with Crippen LogP contribution in [0, 0.1) is 0 Å². The Morgan fingerprint density at radius 2 is 2.00 bits per heavy atom. The summed E-state index contributed by atoms with van der Waals surface area (Å²) in [7, 11) is 1.24. The number of likely N-dealkylation sites (tertiary alicyclic amines) is 1. The lowest BCUT2D eigenvalue weighted by Gasteiger charge is -2.27. The first-order valence-corrected chi connectivity index (χ1v) is 7.29. The van der Waals surface area contributed by atoms with Gasteiger partial charge < -0.3 is 19.5 Å². The molecule has 0 aromatic carbocycles. The summed E-state index contributed by atoms with van der Waals surface area (Å²) in [4.78, 5) is 36.9. The molecule has 0 spiro atoms. The van der Waals surface area contributed by atoms with E-state index in [1.165, 1.54) is 18.1 Å². The van der Waals surface area contributed by atoms with E-state index >= 15 is 0 Å². The lowest BCUT2D eigenvalue weighted by atomic mass is 10.2. The lowest BCUT2D eigenvalue weighted by Crippen LogP contribution is -2.44. The Hall–Kier alpha value is -2.25. The van der Waals surface area contributed by atoms with Crippen molar-refractivity contribution < 1.29 is 28.6 Å². The zero-order valence-corrected chi connectivity index (χ0v) is 14.0. The summed E-state index contributed by atoms with van der Waals surface area (Å²) in [6, 6.07) is -1.23. The number of nitrogens with zero attached hydrogens (tertiary/aromatic N) is 1. The van der Waals surface area contributed by atoms with E-state index in [1.54, 1.807) is 20.8 Å². The highest BCUT2D eigenvalue weighted by Gasteiger charge is 2.42. The van der Waals surface area contributed by atoms with Crippen LogP contribution in [0.5, 0.6) is 0 Å². The van der Waals surface area contributed by atoms with Crippen LogP contribution in [0.4, 0.5) is 9.59 Å². The Labute approximate surface area is 135 Å². The second-order valence-electron chi connectivity index (χ2n) is 6.14. The van der Waals surface area contributed by atoms with E-state index in [2.05, 4.69) is 11.9 Å². The third-order valence-electron chi connectivity index (χ3n) is 3.06. The molecule has 1 aliphatic heterocycles. The second kappa shape index (κ2) is 7.85. The van der Waals surface area contributed by atoms with Crippen molar-refractivity contribution >= 4 is 18.2 Å². The Bertz CT molecular complexity index is 471. The largest absolute Gasteiger partial charge is 0.467 e. The topological polar surface area (TPSA) is 94.2 Å². The zero-order chi connectivity index (χ0) is 17.6. The SMILES string of the molecule is C=CCOC(=O)N[C@H]1C[C@@H](C(=O)OC)N(C(=O)OC(C)(C)C)C1. The van der Waals surface area contributed by atoms with Gasteiger partial charge in [-0.15, -0.1) is 0 Å². The normalized spacial score (nSPS) is 20.6. The van der Waals surface area contributed by atoms with Gasteiger partial charge in [-0.25, -0.2) is 14.4 Å². The first kappa shape index (κ1) is 18.8. The molecule has 2 atom stereocenters. The molecule has 1 N–H and O–H groups in total. The minimum absolute atomic E-state index is 0.0781. The third kappa shape index (κ3) is 5.80. The number of rotatable bonds is 4. The molecule has 1 saturated heterocycles. The van der Waals surface area contributed by atoms with E-state index in [4.69, 9.17) is 14.2 Å². The number of esters is 1. The molecule has 0 aromatic heterocycles. The first-order valence-electron chi connectivity index (χ1n) is 7.29. The van der Waals surface area contributed by atoms with E-state index < -0.39 is 35.8 Å². The van der Waals surface area contributed by atoms with Crippen LogP contribution in [-0.4, -0.2) is 61.0 Å². The number of hydrogen-bond acceptors (Lipinski definition) is 6. The third-order valence-corrected chi connectivity index (χ3v) is 3.06. The fourth-order valence-corrected chi connectivity index (χ4v) is 2.17. The summed E-state index contributed by atoms with van der Waals surface area (Å²) in [5.41, 5.74) is -0.688. The van der Waals surface area contributed by atoms with Crippen LogP contribution in [0.15, 0.2) is 12.7 Å². The highest BCUT2D eigenvalue weighted by molar-refractivity contribution is 5.82. The molecular formula is C15H24N2O6. The summed E-state index contributed by atoms with van der Waals surface area (Å²) < 4.78 is 14.8. The first-order chi connectivity index (χ1) is 10.7. The molecule has 0 radical (unpaired) electrons. The van der Waals surface area contributed by atoms with Gasteiger partial charge in [-0.05, 0) is 20.8 Å². The molecule has 0 unspecified atom stereocenters. The molecule has 0 aliphatic carbocycles. The molecule has 2 amide bonds. The van der Waals surface area contributed by atoms with Crippen molar-refractivity contribution in [1.82, 2.24) is 10.2 Å². The van der Waals surface area contributed by atoms with Crippen molar-refractivity contribution in [3.05, 3.63) is 12.7 Å². The number of carbonyl (C=O) groups is 3. The minimum atomic E-state index is -0.806. The maximum Gasteiger partial charge on any atom is 0.411 e. The molecule has 0 bridgehead atoms. The number of nitrogens with one attached hydrogen (secondary N) is 1. The number of amides is 2. The second-order valence-corrected chi connectivity index (χ2v) is 6.14. The van der Waals surface area contributed by atoms with Crippen LogP contribution >= 0.6 is 0 Å². The molecule has 8 nitrogen and oxygen atoms in total. The highest BCUT2D eigenvalue weighted by Crippen LogP contribution is 2.22. The van der Waals surface area contributed by atoms with Crippen LogP contribution < -0.4 is 5.32 Å². The summed E-state index contributed by atoms with van der Waals surface area (Å²) in [6.45, 7) is 8.86. The lowest BCUT2D eigenvalue weighted by molar-refractivity contribution is -0.145. The van der Waals surface area contributed by atoms with Gasteiger partial charge in [0.05, 0.1) is 13.2 Å².